The molecule has 34 heavy (non-hydrogen) atoms. The maximum Gasteiger partial charge on any atom is 0.307 e. The van der Waals surface area contributed by atoms with Crippen molar-refractivity contribution in [3.8, 4) is 11.1 Å². The minimum atomic E-state index is -3.96. The van der Waals surface area contributed by atoms with Crippen LogP contribution >= 0.6 is 11.8 Å². The lowest BCUT2D eigenvalue weighted by atomic mass is 9.96. The first-order chi connectivity index (χ1) is 16.4. The summed E-state index contributed by atoms with van der Waals surface area (Å²) >= 11 is 1.51. The van der Waals surface area contributed by atoms with Gasteiger partial charge in [0.1, 0.15) is 4.90 Å². The number of fused-ring (bicyclic) bond motifs is 1. The van der Waals surface area contributed by atoms with Gasteiger partial charge < -0.3 is 5.11 Å². The molecule has 1 amide bonds. The minimum Gasteiger partial charge on any atom is -0.481 e. The van der Waals surface area contributed by atoms with E-state index in [1.807, 2.05) is 54.6 Å². The normalized spacial score (nSPS) is 23.1. The Bertz CT molecular complexity index is 1340. The average molecular weight is 494 g/mol. The molecule has 1 heterocycles. The Morgan fingerprint density at radius 3 is 2.24 bits per heavy atom. The van der Waals surface area contributed by atoms with Gasteiger partial charge in [-0.2, -0.15) is 0 Å². The second-order valence-corrected chi connectivity index (χ2v) is 11.7. The van der Waals surface area contributed by atoms with Crippen LogP contribution in [0.25, 0.3) is 11.1 Å². The van der Waals surface area contributed by atoms with E-state index < -0.39 is 33.7 Å². The molecule has 5 rings (SSSR count). The second kappa shape index (κ2) is 8.92. The fourth-order valence-electron chi connectivity index (χ4n) is 4.89. The third-order valence-electron chi connectivity index (χ3n) is 6.58. The van der Waals surface area contributed by atoms with E-state index >= 15 is 0 Å². The molecule has 1 N–H and O–H groups in total. The number of hydrogen-bond donors (Lipinski definition) is 1. The Morgan fingerprint density at radius 2 is 1.56 bits per heavy atom. The van der Waals surface area contributed by atoms with Gasteiger partial charge in [-0.25, -0.2) is 12.7 Å². The van der Waals surface area contributed by atoms with Crippen LogP contribution in [0.1, 0.15) is 23.2 Å². The fraction of sp³-hybridized carbons (Fsp3) is 0.231. The number of thioether (sulfide) groups is 1. The van der Waals surface area contributed by atoms with Crippen molar-refractivity contribution < 1.29 is 23.1 Å². The molecule has 0 radical (unpaired) electrons. The van der Waals surface area contributed by atoms with Gasteiger partial charge in [0.2, 0.25) is 0 Å². The molecule has 1 aliphatic carbocycles. The van der Waals surface area contributed by atoms with Crippen molar-refractivity contribution >= 4 is 33.7 Å². The molecule has 0 spiro atoms. The molecule has 174 valence electrons. The molecule has 2 aliphatic rings. The average Bonchev–Trinajstić information content (AvgIpc) is 3.33. The lowest BCUT2D eigenvalue weighted by molar-refractivity contribution is -0.142. The van der Waals surface area contributed by atoms with Gasteiger partial charge in [-0.3, -0.25) is 9.59 Å². The molecule has 3 aromatic carbocycles. The lowest BCUT2D eigenvalue weighted by Gasteiger charge is -2.24. The van der Waals surface area contributed by atoms with Crippen LogP contribution in [-0.4, -0.2) is 41.5 Å². The predicted octanol–water partition coefficient (Wildman–Crippen LogP) is 4.77. The van der Waals surface area contributed by atoms with Gasteiger partial charge in [-0.15, -0.1) is 11.8 Å². The van der Waals surface area contributed by atoms with Crippen molar-refractivity contribution in [3.05, 3.63) is 84.4 Å². The topological polar surface area (TPSA) is 91.8 Å². The van der Waals surface area contributed by atoms with Crippen molar-refractivity contribution in [2.45, 2.75) is 27.9 Å². The zero-order chi connectivity index (χ0) is 23.9. The van der Waals surface area contributed by atoms with Crippen LogP contribution in [0.3, 0.4) is 0 Å². The van der Waals surface area contributed by atoms with Crippen molar-refractivity contribution in [3.63, 3.8) is 0 Å². The number of hydrogen-bond acceptors (Lipinski definition) is 5. The number of amides is 1. The molecule has 1 saturated carbocycles. The van der Waals surface area contributed by atoms with Crippen LogP contribution < -0.4 is 0 Å². The van der Waals surface area contributed by atoms with Crippen LogP contribution in [0.15, 0.2) is 88.7 Å². The SMILES string of the molecule is O=C(O)[C@H]1[C@H](CN2C(=O)c3ccccc3S2(=O)=O)CC[C@@H]1Sc1ccc(-c2ccccc2)cc1. The summed E-state index contributed by atoms with van der Waals surface area (Å²) in [4.78, 5) is 26.0. The number of nitrogens with zero attached hydrogens (tertiary/aromatic N) is 1. The van der Waals surface area contributed by atoms with Gasteiger partial charge in [0.15, 0.2) is 0 Å². The van der Waals surface area contributed by atoms with E-state index in [0.29, 0.717) is 12.8 Å². The first kappa shape index (κ1) is 22.7. The Labute approximate surface area is 202 Å². The summed E-state index contributed by atoms with van der Waals surface area (Å²) in [7, 11) is -3.96. The number of carbonyl (C=O) groups excluding carboxylic acids is 1. The molecule has 3 atom stereocenters. The summed E-state index contributed by atoms with van der Waals surface area (Å²) in [5.41, 5.74) is 2.35. The Kier molecular flexibility index (Phi) is 5.95. The zero-order valence-electron chi connectivity index (χ0n) is 18.2. The summed E-state index contributed by atoms with van der Waals surface area (Å²) in [6, 6.07) is 24.2. The largest absolute Gasteiger partial charge is 0.481 e. The van der Waals surface area contributed by atoms with Crippen LogP contribution in [0.5, 0.6) is 0 Å². The van der Waals surface area contributed by atoms with Crippen molar-refractivity contribution in [2.75, 3.05) is 6.54 Å². The first-order valence-electron chi connectivity index (χ1n) is 11.1. The highest BCUT2D eigenvalue weighted by atomic mass is 32.2. The Morgan fingerprint density at radius 1 is 0.912 bits per heavy atom. The van der Waals surface area contributed by atoms with Crippen molar-refractivity contribution in [1.82, 2.24) is 4.31 Å². The van der Waals surface area contributed by atoms with E-state index in [1.165, 1.54) is 23.9 Å². The second-order valence-electron chi connectivity index (χ2n) is 8.59. The molecule has 0 unspecified atom stereocenters. The Hall–Kier alpha value is -3.10. The summed E-state index contributed by atoms with van der Waals surface area (Å²) in [5, 5.41) is 9.80. The van der Waals surface area contributed by atoms with E-state index in [4.69, 9.17) is 0 Å². The zero-order valence-corrected chi connectivity index (χ0v) is 19.8. The predicted molar refractivity (Wildman–Crippen MR) is 130 cm³/mol. The molecule has 1 aliphatic heterocycles. The first-order valence-corrected chi connectivity index (χ1v) is 13.4. The number of rotatable bonds is 6. The highest BCUT2D eigenvalue weighted by Gasteiger charge is 2.47. The maximum atomic E-state index is 12.9. The molecular formula is C26H23NO5S2. The van der Waals surface area contributed by atoms with E-state index in [0.717, 1.165) is 20.3 Å². The maximum absolute atomic E-state index is 12.9. The molecular weight excluding hydrogens is 470 g/mol. The molecule has 0 saturated heterocycles. The number of carboxylic acids is 1. The molecule has 8 heteroatoms. The van der Waals surface area contributed by atoms with Crippen LogP contribution in [0.2, 0.25) is 0 Å². The third kappa shape index (κ3) is 4.01. The van der Waals surface area contributed by atoms with Gasteiger partial charge in [-0.1, -0.05) is 54.6 Å². The quantitative estimate of drug-likeness (QED) is 0.532. The van der Waals surface area contributed by atoms with E-state index in [2.05, 4.69) is 0 Å². The van der Waals surface area contributed by atoms with E-state index in [9.17, 15) is 23.1 Å². The minimum absolute atomic E-state index is 0.00528. The summed E-state index contributed by atoms with van der Waals surface area (Å²) in [6.07, 6.45) is 1.19. The molecule has 0 bridgehead atoms. The Balaban J connectivity index is 1.32. The number of carboxylic acid groups (broad SMARTS) is 1. The van der Waals surface area contributed by atoms with Gasteiger partial charge in [-0.05, 0) is 54.2 Å². The highest BCUT2D eigenvalue weighted by molar-refractivity contribution is 8.00. The van der Waals surface area contributed by atoms with Crippen LogP contribution in [0.4, 0.5) is 0 Å². The van der Waals surface area contributed by atoms with E-state index in [1.54, 1.807) is 12.1 Å². The van der Waals surface area contributed by atoms with Gasteiger partial charge in [0.25, 0.3) is 15.9 Å². The van der Waals surface area contributed by atoms with E-state index in [-0.39, 0.29) is 22.3 Å². The third-order valence-corrected chi connectivity index (χ3v) is 9.76. The van der Waals surface area contributed by atoms with Crippen molar-refractivity contribution in [2.24, 2.45) is 11.8 Å². The van der Waals surface area contributed by atoms with Gasteiger partial charge >= 0.3 is 5.97 Å². The summed E-state index contributed by atoms with van der Waals surface area (Å²) in [5.74, 6) is -2.72. The number of benzene rings is 3. The summed E-state index contributed by atoms with van der Waals surface area (Å²) < 4.78 is 26.7. The molecule has 0 aromatic heterocycles. The molecule has 3 aromatic rings. The smallest absolute Gasteiger partial charge is 0.307 e. The van der Waals surface area contributed by atoms with Crippen LogP contribution in [0, 0.1) is 11.8 Å². The van der Waals surface area contributed by atoms with Crippen molar-refractivity contribution in [1.29, 1.82) is 0 Å². The summed E-state index contributed by atoms with van der Waals surface area (Å²) in [6.45, 7) is -0.114. The number of carbonyl (C=O) groups is 2. The lowest BCUT2D eigenvalue weighted by Crippen LogP contribution is -2.38. The van der Waals surface area contributed by atoms with Gasteiger partial charge in [0.05, 0.1) is 11.5 Å². The monoisotopic (exact) mass is 493 g/mol. The van der Waals surface area contributed by atoms with Crippen LogP contribution in [-0.2, 0) is 14.8 Å². The van der Waals surface area contributed by atoms with Gasteiger partial charge in [0, 0.05) is 16.7 Å². The molecule has 1 fully saturated rings. The highest BCUT2D eigenvalue weighted by Crippen LogP contribution is 2.44. The number of sulfonamides is 1. The fourth-order valence-corrected chi connectivity index (χ4v) is 7.90. The molecule has 6 nitrogen and oxygen atoms in total. The number of aliphatic carboxylic acids is 1. The standard InChI is InChI=1S/C26H23NO5S2/c28-25-21-8-4-5-9-23(21)34(31,32)27(25)16-19-12-15-22(24(19)26(29)30)33-20-13-10-18(11-14-20)17-6-2-1-3-7-17/h1-11,13-14,19,22,24H,12,15-16H2,(H,29,30)/t19-,22-,24-/m0/s1.